The van der Waals surface area contributed by atoms with E-state index in [0.29, 0.717) is 5.92 Å². The Morgan fingerprint density at radius 3 is 2.64 bits per heavy atom. The maximum Gasteiger partial charge on any atom is 0.125 e. The van der Waals surface area contributed by atoms with Crippen molar-refractivity contribution in [3.63, 3.8) is 0 Å². The van der Waals surface area contributed by atoms with Gasteiger partial charge in [0.2, 0.25) is 0 Å². The van der Waals surface area contributed by atoms with E-state index < -0.39 is 0 Å². The molecular weight excluding hydrogens is 136 g/mol. The Balaban J connectivity index is 2.50. The summed E-state index contributed by atoms with van der Waals surface area (Å²) in [6.45, 7) is 6.32. The smallest absolute Gasteiger partial charge is 0.125 e. The highest BCUT2D eigenvalue weighted by atomic mass is 14.9. The third-order valence-electron chi connectivity index (χ3n) is 2.00. The second-order valence-electron chi connectivity index (χ2n) is 3.41. The lowest BCUT2D eigenvalue weighted by atomic mass is 10.1. The van der Waals surface area contributed by atoms with Crippen LogP contribution in [0.25, 0.3) is 0 Å². The zero-order valence-corrected chi connectivity index (χ0v) is 7.18. The van der Waals surface area contributed by atoms with Gasteiger partial charge in [-0.3, -0.25) is 0 Å². The molecule has 0 bridgehead atoms. The molecule has 1 aliphatic carbocycles. The highest BCUT2D eigenvalue weighted by molar-refractivity contribution is 5.44. The van der Waals surface area contributed by atoms with Crippen molar-refractivity contribution >= 4 is 0 Å². The van der Waals surface area contributed by atoms with Gasteiger partial charge in [0.15, 0.2) is 0 Å². The molecule has 0 atom stereocenters. The molecule has 1 aliphatic rings. The van der Waals surface area contributed by atoms with Crippen LogP contribution < -0.4 is 0 Å². The van der Waals surface area contributed by atoms with Crippen LogP contribution in [-0.4, -0.2) is 9.97 Å². The van der Waals surface area contributed by atoms with Gasteiger partial charge in [-0.2, -0.15) is 0 Å². The van der Waals surface area contributed by atoms with E-state index in [-0.39, 0.29) is 0 Å². The van der Waals surface area contributed by atoms with Crippen molar-refractivity contribution in [2.75, 3.05) is 0 Å². The lowest BCUT2D eigenvalue weighted by Crippen LogP contribution is -1.95. The zero-order valence-electron chi connectivity index (χ0n) is 7.18. The van der Waals surface area contributed by atoms with Crippen molar-refractivity contribution in [1.29, 1.82) is 0 Å². The second-order valence-corrected chi connectivity index (χ2v) is 3.41. The van der Waals surface area contributed by atoms with Crippen LogP contribution in [0.15, 0.2) is 0 Å². The quantitative estimate of drug-likeness (QED) is 0.616. The van der Waals surface area contributed by atoms with E-state index in [2.05, 4.69) is 23.8 Å². The highest BCUT2D eigenvalue weighted by Crippen LogP contribution is 2.32. The molecule has 0 saturated carbocycles. The van der Waals surface area contributed by atoms with Crippen LogP contribution in [0, 0.1) is 6.92 Å². The molecule has 1 heterocycles. The summed E-state index contributed by atoms with van der Waals surface area (Å²) in [4.78, 5) is 8.71. The molecule has 2 rings (SSSR count). The first kappa shape index (κ1) is 6.77. The molecule has 0 saturated heterocycles. The number of aryl methyl sites for hydroxylation is 1. The Labute approximate surface area is 66.7 Å². The first-order valence-corrected chi connectivity index (χ1v) is 4.04. The fourth-order valence-electron chi connectivity index (χ4n) is 1.41. The first-order chi connectivity index (χ1) is 5.18. The van der Waals surface area contributed by atoms with Gasteiger partial charge in [-0.1, -0.05) is 13.8 Å². The molecule has 0 spiro atoms. The van der Waals surface area contributed by atoms with Crippen LogP contribution in [0.4, 0.5) is 0 Å². The Morgan fingerprint density at radius 2 is 2.00 bits per heavy atom. The summed E-state index contributed by atoms with van der Waals surface area (Å²) in [5.74, 6) is 1.47. The van der Waals surface area contributed by atoms with Crippen molar-refractivity contribution in [2.24, 2.45) is 0 Å². The average molecular weight is 148 g/mol. The Bertz CT molecular complexity index is 302. The number of fused-ring (bicyclic) bond motifs is 1. The molecule has 2 nitrogen and oxygen atoms in total. The van der Waals surface area contributed by atoms with Crippen LogP contribution in [-0.2, 0) is 6.42 Å². The van der Waals surface area contributed by atoms with Gasteiger partial charge in [-0.25, -0.2) is 9.97 Å². The number of aromatic nitrogens is 2. The standard InChI is InChI=1S/C9H12N2/c1-5(2)9-7-4-8(7)10-6(3)11-9/h5H,4H2,1-3H3. The normalized spacial score (nSPS) is 13.5. The van der Waals surface area contributed by atoms with Gasteiger partial charge in [0, 0.05) is 12.0 Å². The van der Waals surface area contributed by atoms with Gasteiger partial charge in [0.05, 0.1) is 11.4 Å². The van der Waals surface area contributed by atoms with E-state index in [1.54, 1.807) is 0 Å². The van der Waals surface area contributed by atoms with Crippen molar-refractivity contribution in [1.82, 2.24) is 9.97 Å². The second kappa shape index (κ2) is 2.03. The van der Waals surface area contributed by atoms with Crippen LogP contribution in [0.3, 0.4) is 0 Å². The number of hydrogen-bond acceptors (Lipinski definition) is 2. The van der Waals surface area contributed by atoms with Crippen LogP contribution in [0.1, 0.15) is 42.5 Å². The molecule has 0 radical (unpaired) electrons. The van der Waals surface area contributed by atoms with Crippen molar-refractivity contribution in [3.05, 3.63) is 22.8 Å². The molecular formula is C9H12N2. The van der Waals surface area contributed by atoms with Crippen LogP contribution >= 0.6 is 0 Å². The lowest BCUT2D eigenvalue weighted by Gasteiger charge is -2.02. The molecule has 1 aromatic rings. The molecule has 2 heteroatoms. The predicted octanol–water partition coefficient (Wildman–Crippen LogP) is 1.81. The molecule has 11 heavy (non-hydrogen) atoms. The van der Waals surface area contributed by atoms with Gasteiger partial charge in [0.25, 0.3) is 0 Å². The largest absolute Gasteiger partial charge is 0.238 e. The first-order valence-electron chi connectivity index (χ1n) is 4.04. The summed E-state index contributed by atoms with van der Waals surface area (Å²) in [7, 11) is 0. The fourth-order valence-corrected chi connectivity index (χ4v) is 1.41. The average Bonchev–Trinajstić information content (AvgIpc) is 2.63. The molecule has 0 unspecified atom stereocenters. The molecule has 0 N–H and O–H groups in total. The predicted molar refractivity (Wildman–Crippen MR) is 43.7 cm³/mol. The van der Waals surface area contributed by atoms with Crippen molar-refractivity contribution in [3.8, 4) is 0 Å². The zero-order chi connectivity index (χ0) is 8.01. The third kappa shape index (κ3) is 1.02. The third-order valence-corrected chi connectivity index (χ3v) is 2.00. The molecule has 0 aliphatic heterocycles. The van der Waals surface area contributed by atoms with E-state index in [1.807, 2.05) is 6.92 Å². The number of rotatable bonds is 1. The summed E-state index contributed by atoms with van der Waals surface area (Å²) in [6.07, 6.45) is 1.08. The molecule has 0 aromatic carbocycles. The Kier molecular flexibility index (Phi) is 1.25. The number of hydrogen-bond donors (Lipinski definition) is 0. The van der Waals surface area contributed by atoms with Gasteiger partial charge >= 0.3 is 0 Å². The van der Waals surface area contributed by atoms with Crippen molar-refractivity contribution in [2.45, 2.75) is 33.1 Å². The minimum Gasteiger partial charge on any atom is -0.238 e. The molecule has 58 valence electrons. The van der Waals surface area contributed by atoms with Gasteiger partial charge in [-0.15, -0.1) is 0 Å². The van der Waals surface area contributed by atoms with Crippen molar-refractivity contribution < 1.29 is 0 Å². The van der Waals surface area contributed by atoms with Crippen LogP contribution in [0.5, 0.6) is 0 Å². The minimum atomic E-state index is 0.549. The fraction of sp³-hybridized carbons (Fsp3) is 0.556. The Morgan fingerprint density at radius 1 is 1.27 bits per heavy atom. The lowest BCUT2D eigenvalue weighted by molar-refractivity contribution is 0.804. The van der Waals surface area contributed by atoms with Gasteiger partial charge in [-0.05, 0) is 12.8 Å². The Hall–Kier alpha value is -0.920. The summed E-state index contributed by atoms with van der Waals surface area (Å²) < 4.78 is 0. The monoisotopic (exact) mass is 148 g/mol. The minimum absolute atomic E-state index is 0.549. The van der Waals surface area contributed by atoms with E-state index in [1.165, 1.54) is 17.0 Å². The highest BCUT2D eigenvalue weighted by Gasteiger charge is 2.25. The van der Waals surface area contributed by atoms with E-state index in [4.69, 9.17) is 0 Å². The van der Waals surface area contributed by atoms with E-state index in [0.717, 1.165) is 12.2 Å². The molecule has 1 aromatic heterocycles. The SMILES string of the molecule is Cc1nc2c(c(C(C)C)n1)C2. The van der Waals surface area contributed by atoms with Crippen LogP contribution in [0.2, 0.25) is 0 Å². The topological polar surface area (TPSA) is 25.8 Å². The summed E-state index contributed by atoms with van der Waals surface area (Å²) in [5.41, 5.74) is 3.92. The maximum absolute atomic E-state index is 4.41. The van der Waals surface area contributed by atoms with E-state index in [9.17, 15) is 0 Å². The molecule has 0 amide bonds. The summed E-state index contributed by atoms with van der Waals surface area (Å²) >= 11 is 0. The van der Waals surface area contributed by atoms with Gasteiger partial charge in [0.1, 0.15) is 5.82 Å². The summed E-state index contributed by atoms with van der Waals surface area (Å²) in [5, 5.41) is 0. The van der Waals surface area contributed by atoms with E-state index >= 15 is 0 Å². The maximum atomic E-state index is 4.41. The summed E-state index contributed by atoms with van der Waals surface area (Å²) in [6, 6.07) is 0. The number of nitrogens with zero attached hydrogens (tertiary/aromatic N) is 2. The molecule has 0 fully saturated rings. The van der Waals surface area contributed by atoms with Gasteiger partial charge < -0.3 is 0 Å².